The monoisotopic (exact) mass is 240 g/mol. The van der Waals surface area contributed by atoms with Crippen LogP contribution in [0.5, 0.6) is 0 Å². The van der Waals surface area contributed by atoms with Gasteiger partial charge in [-0.15, -0.1) is 0 Å². The second-order valence-corrected chi connectivity index (χ2v) is 3.78. The molecule has 0 aliphatic carbocycles. The molecule has 0 fully saturated rings. The van der Waals surface area contributed by atoms with E-state index in [4.69, 9.17) is 0 Å². The summed E-state index contributed by atoms with van der Waals surface area (Å²) in [5, 5.41) is 0. The maximum absolute atomic E-state index is 11.6. The summed E-state index contributed by atoms with van der Waals surface area (Å²) in [6, 6.07) is 0. The first-order valence-electron chi connectivity index (χ1n) is 3.41. The first-order chi connectivity index (χ1) is 6.39. The van der Waals surface area contributed by atoms with Crippen molar-refractivity contribution in [1.82, 2.24) is 0 Å². The zero-order valence-corrected chi connectivity index (χ0v) is 8.06. The lowest BCUT2D eigenvalue weighted by Crippen LogP contribution is -2.09. The normalized spacial score (nSPS) is 12.8. The minimum absolute atomic E-state index is 0.845. The van der Waals surface area contributed by atoms with E-state index in [1.54, 1.807) is 0 Å². The van der Waals surface area contributed by atoms with Crippen molar-refractivity contribution in [3.8, 4) is 0 Å². The molecule has 0 saturated heterocycles. The molecule has 0 saturated carbocycles. The van der Waals surface area contributed by atoms with Crippen molar-refractivity contribution in [2.75, 3.05) is 20.3 Å². The Morgan fingerprint density at radius 2 is 1.43 bits per heavy atom. The Bertz CT molecular complexity index is 184. The molecule has 0 atom stereocenters. The Kier molecular flexibility index (Phi) is 6.26. The predicted octanol–water partition coefficient (Wildman–Crippen LogP) is 2.30. The van der Waals surface area contributed by atoms with Crippen LogP contribution in [0.15, 0.2) is 0 Å². The topological polar surface area (TPSA) is 44.8 Å². The molecular weight excluding hydrogens is 231 g/mol. The summed E-state index contributed by atoms with van der Waals surface area (Å²) in [4.78, 5) is 0. The van der Waals surface area contributed by atoms with Gasteiger partial charge in [0.2, 0.25) is 0 Å². The maximum atomic E-state index is 11.6. The smallest absolute Gasteiger partial charge is 0.290 e. The molecule has 0 aromatic carbocycles. The largest absolute Gasteiger partial charge is 0.474 e. The van der Waals surface area contributed by atoms with Gasteiger partial charge in [0.25, 0.3) is 12.9 Å². The van der Waals surface area contributed by atoms with Gasteiger partial charge < -0.3 is 0 Å². The Hall–Kier alpha value is -0.170. The minimum atomic E-state index is -4.27. The molecule has 0 heterocycles. The third kappa shape index (κ3) is 6.31. The van der Waals surface area contributed by atoms with Gasteiger partial charge in [-0.05, 0) is 0 Å². The van der Waals surface area contributed by atoms with E-state index in [0.29, 0.717) is 0 Å². The lowest BCUT2D eigenvalue weighted by Gasteiger charge is -2.14. The molecular formula is C5H9F4O4P. The van der Waals surface area contributed by atoms with Crippen LogP contribution in [0.2, 0.25) is 0 Å². The molecule has 0 N–H and O–H groups in total. The molecule has 86 valence electrons. The van der Waals surface area contributed by atoms with Gasteiger partial charge in [0.05, 0.1) is 0 Å². The van der Waals surface area contributed by atoms with Crippen LogP contribution in [0.3, 0.4) is 0 Å². The molecule has 0 aromatic heterocycles. The zero-order valence-electron chi connectivity index (χ0n) is 7.16. The number of alkyl halides is 4. The van der Waals surface area contributed by atoms with Crippen molar-refractivity contribution in [1.29, 1.82) is 0 Å². The SMILES string of the molecule is COP(=O)(OCC(F)F)OCC(F)F. The fourth-order valence-electron chi connectivity index (χ4n) is 0.438. The minimum Gasteiger partial charge on any atom is -0.290 e. The number of phosphoric acid groups is 1. The Balaban J connectivity index is 3.98. The van der Waals surface area contributed by atoms with E-state index in [2.05, 4.69) is 13.6 Å². The molecule has 0 aliphatic heterocycles. The first kappa shape index (κ1) is 13.8. The van der Waals surface area contributed by atoms with E-state index in [-0.39, 0.29) is 0 Å². The van der Waals surface area contributed by atoms with E-state index in [9.17, 15) is 22.1 Å². The molecule has 4 nitrogen and oxygen atoms in total. The van der Waals surface area contributed by atoms with Gasteiger partial charge in [0, 0.05) is 7.11 Å². The molecule has 0 aromatic rings. The van der Waals surface area contributed by atoms with Gasteiger partial charge in [-0.3, -0.25) is 13.6 Å². The van der Waals surface area contributed by atoms with Crippen LogP contribution in [0.25, 0.3) is 0 Å². The summed E-state index contributed by atoms with van der Waals surface area (Å²) in [6.45, 7) is -2.40. The van der Waals surface area contributed by atoms with Crippen LogP contribution < -0.4 is 0 Å². The predicted molar refractivity (Wildman–Crippen MR) is 38.5 cm³/mol. The number of hydrogen-bond donors (Lipinski definition) is 0. The highest BCUT2D eigenvalue weighted by molar-refractivity contribution is 7.48. The van der Waals surface area contributed by atoms with Gasteiger partial charge in [0.15, 0.2) is 0 Å². The third-order valence-corrected chi connectivity index (χ3v) is 2.32. The fraction of sp³-hybridized carbons (Fsp3) is 1.00. The average Bonchev–Trinajstić information content (AvgIpc) is 2.11. The molecule has 0 radical (unpaired) electrons. The molecule has 14 heavy (non-hydrogen) atoms. The fourth-order valence-corrected chi connectivity index (χ4v) is 1.31. The van der Waals surface area contributed by atoms with Crippen molar-refractivity contribution in [2.45, 2.75) is 12.9 Å². The van der Waals surface area contributed by atoms with Gasteiger partial charge >= 0.3 is 7.82 Å². The highest BCUT2D eigenvalue weighted by atomic mass is 31.2. The van der Waals surface area contributed by atoms with Crippen molar-refractivity contribution < 1.29 is 35.7 Å². The number of halogens is 4. The first-order valence-corrected chi connectivity index (χ1v) is 4.87. The maximum Gasteiger partial charge on any atom is 0.474 e. The summed E-state index contributed by atoms with van der Waals surface area (Å²) < 4.78 is 69.6. The van der Waals surface area contributed by atoms with Crippen molar-refractivity contribution >= 4 is 7.82 Å². The zero-order chi connectivity index (χ0) is 11.2. The van der Waals surface area contributed by atoms with Crippen LogP contribution in [-0.4, -0.2) is 33.2 Å². The van der Waals surface area contributed by atoms with E-state index < -0.39 is 33.9 Å². The molecule has 9 heteroatoms. The highest BCUT2D eigenvalue weighted by Crippen LogP contribution is 2.48. The van der Waals surface area contributed by atoms with Crippen LogP contribution in [-0.2, 0) is 18.1 Å². The summed E-state index contributed by atoms with van der Waals surface area (Å²) in [6.07, 6.45) is -5.76. The lowest BCUT2D eigenvalue weighted by molar-refractivity contribution is 0.0242. The van der Waals surface area contributed by atoms with Gasteiger partial charge in [-0.1, -0.05) is 0 Å². The van der Waals surface area contributed by atoms with E-state index in [1.807, 2.05) is 0 Å². The molecule has 0 spiro atoms. The summed E-state index contributed by atoms with van der Waals surface area (Å²) >= 11 is 0. The molecule has 0 rings (SSSR count). The van der Waals surface area contributed by atoms with Crippen LogP contribution >= 0.6 is 7.82 Å². The molecule has 0 aliphatic rings. The number of rotatable bonds is 7. The van der Waals surface area contributed by atoms with E-state index in [1.165, 1.54) is 0 Å². The van der Waals surface area contributed by atoms with Gasteiger partial charge in [0.1, 0.15) is 13.2 Å². The van der Waals surface area contributed by atoms with Crippen molar-refractivity contribution in [3.63, 3.8) is 0 Å². The Morgan fingerprint density at radius 1 is 1.07 bits per heavy atom. The quantitative estimate of drug-likeness (QED) is 0.506. The number of phosphoric ester groups is 1. The lowest BCUT2D eigenvalue weighted by atomic mass is 10.8. The van der Waals surface area contributed by atoms with Crippen LogP contribution in [0, 0.1) is 0 Å². The second-order valence-electron chi connectivity index (χ2n) is 2.00. The number of hydrogen-bond acceptors (Lipinski definition) is 4. The second kappa shape index (κ2) is 6.34. The summed E-state index contributed by atoms with van der Waals surface area (Å²) in [5.74, 6) is 0. The van der Waals surface area contributed by atoms with Crippen molar-refractivity contribution in [2.24, 2.45) is 0 Å². The average molecular weight is 240 g/mol. The van der Waals surface area contributed by atoms with Crippen LogP contribution in [0.4, 0.5) is 17.6 Å². The molecule has 0 unspecified atom stereocenters. The summed E-state index contributed by atoms with van der Waals surface area (Å²) in [5.41, 5.74) is 0. The van der Waals surface area contributed by atoms with Crippen molar-refractivity contribution in [3.05, 3.63) is 0 Å². The summed E-state index contributed by atoms with van der Waals surface area (Å²) in [7, 11) is -3.42. The highest BCUT2D eigenvalue weighted by Gasteiger charge is 2.27. The third-order valence-electron chi connectivity index (χ3n) is 0.941. The Labute approximate surface area is 77.8 Å². The van der Waals surface area contributed by atoms with E-state index >= 15 is 0 Å². The molecule has 0 bridgehead atoms. The van der Waals surface area contributed by atoms with E-state index in [0.717, 1.165) is 7.11 Å². The standard InChI is InChI=1S/C5H9F4O4P/c1-11-14(10,12-2-4(6)7)13-3-5(8)9/h4-5H,2-3H2,1H3. The van der Waals surface area contributed by atoms with Gasteiger partial charge in [-0.2, -0.15) is 0 Å². The Morgan fingerprint density at radius 3 is 1.64 bits per heavy atom. The molecule has 0 amide bonds. The van der Waals surface area contributed by atoms with Crippen LogP contribution in [0.1, 0.15) is 0 Å². The van der Waals surface area contributed by atoms with Gasteiger partial charge in [-0.25, -0.2) is 22.1 Å².